The van der Waals surface area contributed by atoms with Gasteiger partial charge in [-0.15, -0.1) is 0 Å². The molecule has 0 atom stereocenters. The van der Waals surface area contributed by atoms with Crippen molar-refractivity contribution < 1.29 is 19.1 Å². The minimum Gasteiger partial charge on any atom is -0.495 e. The highest BCUT2D eigenvalue weighted by molar-refractivity contribution is 6.32. The molecular weight excluding hydrogens is 310 g/mol. The van der Waals surface area contributed by atoms with Crippen LogP contribution < -0.4 is 25.4 Å². The van der Waals surface area contributed by atoms with Crippen LogP contribution in [-0.4, -0.2) is 38.7 Å². The molecule has 1 rings (SSSR count). The van der Waals surface area contributed by atoms with Gasteiger partial charge in [0.25, 0.3) is 0 Å². The van der Waals surface area contributed by atoms with Gasteiger partial charge in [0.05, 0.1) is 31.5 Å². The number of carbonyl (C=O) groups is 2. The van der Waals surface area contributed by atoms with Gasteiger partial charge in [-0.1, -0.05) is 11.6 Å². The fraction of sp³-hybridized carbons (Fsp3) is 0.429. The number of halogens is 1. The first kappa shape index (κ1) is 17.9. The molecule has 8 heteroatoms. The molecule has 0 fully saturated rings. The average Bonchev–Trinajstić information content (AvgIpc) is 2.44. The Bertz CT molecular complexity index is 549. The van der Waals surface area contributed by atoms with Crippen LogP contribution in [0.3, 0.4) is 0 Å². The van der Waals surface area contributed by atoms with Crippen molar-refractivity contribution in [2.75, 3.05) is 26.1 Å². The van der Waals surface area contributed by atoms with Crippen LogP contribution in [0.1, 0.15) is 13.8 Å². The molecule has 0 aliphatic rings. The highest BCUT2D eigenvalue weighted by Gasteiger charge is 2.12. The lowest BCUT2D eigenvalue weighted by molar-refractivity contribution is -0.118. The summed E-state index contributed by atoms with van der Waals surface area (Å²) in [5.41, 5.74) is 0.531. The number of imide groups is 1. The molecule has 0 heterocycles. The third kappa shape index (κ3) is 5.33. The summed E-state index contributed by atoms with van der Waals surface area (Å²) in [5, 5.41) is 8.03. The number of amides is 3. The first-order valence-corrected chi connectivity index (χ1v) is 7.01. The van der Waals surface area contributed by atoms with E-state index in [4.69, 9.17) is 21.1 Å². The molecule has 0 aromatic heterocycles. The number of nitrogens with one attached hydrogen (secondary N) is 3. The first-order chi connectivity index (χ1) is 10.4. The largest absolute Gasteiger partial charge is 0.495 e. The van der Waals surface area contributed by atoms with Crippen LogP contribution in [0.25, 0.3) is 0 Å². The van der Waals surface area contributed by atoms with E-state index in [1.807, 2.05) is 0 Å². The Morgan fingerprint density at radius 3 is 2.36 bits per heavy atom. The fourth-order valence-electron chi connectivity index (χ4n) is 1.64. The van der Waals surface area contributed by atoms with Gasteiger partial charge >= 0.3 is 6.03 Å². The van der Waals surface area contributed by atoms with Gasteiger partial charge in [-0.25, -0.2) is 4.79 Å². The molecule has 0 aliphatic carbocycles. The van der Waals surface area contributed by atoms with Gasteiger partial charge in [-0.05, 0) is 13.8 Å². The van der Waals surface area contributed by atoms with Gasteiger partial charge in [-0.3, -0.25) is 10.1 Å². The van der Waals surface area contributed by atoms with E-state index in [1.54, 1.807) is 26.0 Å². The zero-order chi connectivity index (χ0) is 16.7. The zero-order valence-corrected chi connectivity index (χ0v) is 13.7. The van der Waals surface area contributed by atoms with E-state index in [-0.39, 0.29) is 12.6 Å². The van der Waals surface area contributed by atoms with E-state index in [0.717, 1.165) is 0 Å². The van der Waals surface area contributed by atoms with Gasteiger partial charge in [0, 0.05) is 18.2 Å². The summed E-state index contributed by atoms with van der Waals surface area (Å²) < 4.78 is 10.3. The third-order valence-corrected chi connectivity index (χ3v) is 2.88. The molecule has 0 unspecified atom stereocenters. The molecule has 3 N–H and O–H groups in total. The van der Waals surface area contributed by atoms with Crippen molar-refractivity contribution in [2.45, 2.75) is 19.9 Å². The molecular formula is C14H20ClN3O4. The molecule has 0 bridgehead atoms. The van der Waals surface area contributed by atoms with Crippen molar-refractivity contribution in [3.63, 3.8) is 0 Å². The molecule has 0 spiro atoms. The Morgan fingerprint density at radius 2 is 1.82 bits per heavy atom. The smallest absolute Gasteiger partial charge is 0.321 e. The van der Waals surface area contributed by atoms with Crippen LogP contribution in [-0.2, 0) is 4.79 Å². The lowest BCUT2D eigenvalue weighted by Gasteiger charge is -2.14. The maximum Gasteiger partial charge on any atom is 0.321 e. The maximum absolute atomic E-state index is 11.7. The Hall–Kier alpha value is -2.15. The molecule has 1 aromatic rings. The summed E-state index contributed by atoms with van der Waals surface area (Å²) in [5.74, 6) is 0.433. The Labute approximate surface area is 134 Å². The maximum atomic E-state index is 11.7. The molecule has 0 radical (unpaired) electrons. The molecule has 122 valence electrons. The van der Waals surface area contributed by atoms with Crippen LogP contribution in [0.5, 0.6) is 11.5 Å². The van der Waals surface area contributed by atoms with Crippen LogP contribution in [0.4, 0.5) is 10.5 Å². The van der Waals surface area contributed by atoms with Crippen molar-refractivity contribution in [2.24, 2.45) is 0 Å². The number of methoxy groups -OCH3 is 2. The normalized spacial score (nSPS) is 10.1. The lowest BCUT2D eigenvalue weighted by Crippen LogP contribution is -2.44. The van der Waals surface area contributed by atoms with Crippen molar-refractivity contribution in [1.29, 1.82) is 0 Å². The molecule has 0 saturated heterocycles. The van der Waals surface area contributed by atoms with Crippen LogP contribution in [0.2, 0.25) is 5.02 Å². The minimum atomic E-state index is -0.539. The number of anilines is 1. The molecule has 0 aliphatic heterocycles. The second-order valence-electron chi connectivity index (χ2n) is 4.72. The van der Waals surface area contributed by atoms with E-state index in [9.17, 15) is 9.59 Å². The van der Waals surface area contributed by atoms with E-state index >= 15 is 0 Å². The predicted molar refractivity (Wildman–Crippen MR) is 84.9 cm³/mol. The average molecular weight is 330 g/mol. The zero-order valence-electron chi connectivity index (χ0n) is 13.0. The first-order valence-electron chi connectivity index (χ1n) is 6.63. The summed E-state index contributed by atoms with van der Waals surface area (Å²) >= 11 is 6.00. The molecule has 22 heavy (non-hydrogen) atoms. The Morgan fingerprint density at radius 1 is 1.18 bits per heavy atom. The minimum absolute atomic E-state index is 0.0543. The van der Waals surface area contributed by atoms with Crippen LogP contribution in [0, 0.1) is 0 Å². The standard InChI is InChI=1S/C14H20ClN3O4/c1-8(2)17-14(20)18-13(19)7-16-10-6-11(21-3)9(15)5-12(10)22-4/h5-6,8,16H,7H2,1-4H3,(H2,17,18,19,20). The van der Waals surface area contributed by atoms with Gasteiger partial charge in [0.2, 0.25) is 5.91 Å². The highest BCUT2D eigenvalue weighted by atomic mass is 35.5. The number of hydrogen-bond acceptors (Lipinski definition) is 5. The third-order valence-electron chi connectivity index (χ3n) is 2.59. The number of urea groups is 1. The quantitative estimate of drug-likeness (QED) is 0.743. The summed E-state index contributed by atoms with van der Waals surface area (Å²) in [6.07, 6.45) is 0. The topological polar surface area (TPSA) is 88.7 Å². The summed E-state index contributed by atoms with van der Waals surface area (Å²) in [4.78, 5) is 23.1. The summed E-state index contributed by atoms with van der Waals surface area (Å²) in [7, 11) is 2.97. The number of ether oxygens (including phenoxy) is 2. The Kier molecular flexibility index (Phi) is 6.78. The molecule has 3 amide bonds. The Balaban J connectivity index is 2.67. The van der Waals surface area contributed by atoms with Gasteiger partial charge < -0.3 is 20.1 Å². The highest BCUT2D eigenvalue weighted by Crippen LogP contribution is 2.35. The van der Waals surface area contributed by atoms with Gasteiger partial charge in [-0.2, -0.15) is 0 Å². The second kappa shape index (κ2) is 8.33. The van der Waals surface area contributed by atoms with Gasteiger partial charge in [0.15, 0.2) is 0 Å². The fourth-order valence-corrected chi connectivity index (χ4v) is 1.87. The van der Waals surface area contributed by atoms with Gasteiger partial charge in [0.1, 0.15) is 11.5 Å². The number of carbonyl (C=O) groups excluding carboxylic acids is 2. The SMILES string of the molecule is COc1cc(NCC(=O)NC(=O)NC(C)C)c(OC)cc1Cl. The van der Waals surface area contributed by atoms with E-state index in [0.29, 0.717) is 22.2 Å². The number of benzene rings is 1. The van der Waals surface area contributed by atoms with Crippen molar-refractivity contribution in [3.8, 4) is 11.5 Å². The number of rotatable bonds is 6. The number of hydrogen-bond donors (Lipinski definition) is 3. The molecule has 0 saturated carbocycles. The van der Waals surface area contributed by atoms with E-state index in [2.05, 4.69) is 16.0 Å². The molecule has 1 aromatic carbocycles. The van der Waals surface area contributed by atoms with Crippen molar-refractivity contribution >= 4 is 29.2 Å². The van der Waals surface area contributed by atoms with E-state index in [1.165, 1.54) is 14.2 Å². The van der Waals surface area contributed by atoms with Crippen LogP contribution in [0.15, 0.2) is 12.1 Å². The lowest BCUT2D eigenvalue weighted by atomic mass is 10.2. The second-order valence-corrected chi connectivity index (χ2v) is 5.12. The summed E-state index contributed by atoms with van der Waals surface area (Å²) in [6, 6.07) is 2.60. The van der Waals surface area contributed by atoms with Crippen LogP contribution >= 0.6 is 11.6 Å². The monoisotopic (exact) mass is 329 g/mol. The van der Waals surface area contributed by atoms with Crippen molar-refractivity contribution in [1.82, 2.24) is 10.6 Å². The summed E-state index contributed by atoms with van der Waals surface area (Å²) in [6.45, 7) is 3.49. The molecule has 7 nitrogen and oxygen atoms in total. The predicted octanol–water partition coefficient (Wildman–Crippen LogP) is 2.00. The van der Waals surface area contributed by atoms with Crippen molar-refractivity contribution in [3.05, 3.63) is 17.2 Å². The van der Waals surface area contributed by atoms with E-state index < -0.39 is 11.9 Å².